The molecular formula is C15H28N2O. The quantitative estimate of drug-likeness (QED) is 0.839. The first-order valence-corrected chi connectivity index (χ1v) is 7.72. The molecule has 1 amide bonds. The van der Waals surface area contributed by atoms with Gasteiger partial charge in [-0.3, -0.25) is 4.79 Å². The van der Waals surface area contributed by atoms with Gasteiger partial charge in [-0.15, -0.1) is 0 Å². The van der Waals surface area contributed by atoms with E-state index in [1.54, 1.807) is 0 Å². The summed E-state index contributed by atoms with van der Waals surface area (Å²) >= 11 is 0. The first-order chi connectivity index (χ1) is 8.69. The molecule has 2 N–H and O–H groups in total. The smallest absolute Gasteiger partial charge is 0.222 e. The van der Waals surface area contributed by atoms with Gasteiger partial charge < -0.3 is 10.6 Å². The summed E-state index contributed by atoms with van der Waals surface area (Å²) in [7, 11) is 0. The highest BCUT2D eigenvalue weighted by Gasteiger charge is 2.26. The fraction of sp³-hybridized carbons (Fsp3) is 0.933. The molecule has 0 bridgehead atoms. The monoisotopic (exact) mass is 252 g/mol. The number of piperidine rings is 1. The van der Waals surface area contributed by atoms with Crippen molar-refractivity contribution in [2.24, 2.45) is 17.6 Å². The minimum absolute atomic E-state index is 0.336. The second kappa shape index (κ2) is 6.55. The standard InChI is InChI=1S/C15H28N2O/c1-2-12-6-8-17(9-7-12)15(18)11-13-4-3-5-14(16)10-13/h12-14H,2-11,16H2,1H3. The van der Waals surface area contributed by atoms with E-state index in [0.29, 0.717) is 17.9 Å². The van der Waals surface area contributed by atoms with Crippen LogP contribution < -0.4 is 5.73 Å². The maximum atomic E-state index is 12.3. The lowest BCUT2D eigenvalue weighted by Crippen LogP contribution is -2.40. The van der Waals surface area contributed by atoms with Crippen molar-refractivity contribution >= 4 is 5.91 Å². The molecular weight excluding hydrogens is 224 g/mol. The molecule has 2 fully saturated rings. The Bertz CT molecular complexity index is 272. The largest absolute Gasteiger partial charge is 0.343 e. The molecule has 2 atom stereocenters. The van der Waals surface area contributed by atoms with Crippen molar-refractivity contribution in [3.63, 3.8) is 0 Å². The van der Waals surface area contributed by atoms with E-state index in [2.05, 4.69) is 11.8 Å². The second-order valence-electron chi connectivity index (χ2n) is 6.23. The van der Waals surface area contributed by atoms with Crippen LogP contribution in [0.4, 0.5) is 0 Å². The first-order valence-electron chi connectivity index (χ1n) is 7.72. The van der Waals surface area contributed by atoms with Gasteiger partial charge in [-0.05, 0) is 43.9 Å². The van der Waals surface area contributed by atoms with Gasteiger partial charge >= 0.3 is 0 Å². The van der Waals surface area contributed by atoms with E-state index in [0.717, 1.165) is 38.3 Å². The average Bonchev–Trinajstić information content (AvgIpc) is 2.39. The Hall–Kier alpha value is -0.570. The fourth-order valence-corrected chi connectivity index (χ4v) is 3.48. The van der Waals surface area contributed by atoms with Gasteiger partial charge in [0.05, 0.1) is 0 Å². The number of likely N-dealkylation sites (tertiary alicyclic amines) is 1. The molecule has 0 radical (unpaired) electrons. The number of amides is 1. The molecule has 104 valence electrons. The van der Waals surface area contributed by atoms with Crippen molar-refractivity contribution < 1.29 is 4.79 Å². The Balaban J connectivity index is 1.74. The van der Waals surface area contributed by atoms with E-state index in [1.807, 2.05) is 0 Å². The lowest BCUT2D eigenvalue weighted by molar-refractivity contribution is -0.133. The maximum Gasteiger partial charge on any atom is 0.222 e. The topological polar surface area (TPSA) is 46.3 Å². The Morgan fingerprint density at radius 2 is 1.89 bits per heavy atom. The van der Waals surface area contributed by atoms with Crippen LogP contribution in [0.3, 0.4) is 0 Å². The third kappa shape index (κ3) is 3.71. The minimum Gasteiger partial charge on any atom is -0.343 e. The summed E-state index contributed by atoms with van der Waals surface area (Å²) in [5.41, 5.74) is 5.99. The Kier molecular flexibility index (Phi) is 5.04. The number of carbonyl (C=O) groups excluding carboxylic acids is 1. The van der Waals surface area contributed by atoms with Crippen LogP contribution in [0.15, 0.2) is 0 Å². The Morgan fingerprint density at radius 3 is 2.50 bits per heavy atom. The predicted octanol–water partition coefficient (Wildman–Crippen LogP) is 2.54. The molecule has 1 aliphatic heterocycles. The summed E-state index contributed by atoms with van der Waals surface area (Å²) in [5, 5.41) is 0. The van der Waals surface area contributed by atoms with E-state index in [-0.39, 0.29) is 0 Å². The van der Waals surface area contributed by atoms with Gasteiger partial charge in [-0.2, -0.15) is 0 Å². The molecule has 2 rings (SSSR count). The number of nitrogens with zero attached hydrogens (tertiary/aromatic N) is 1. The molecule has 1 saturated heterocycles. The van der Waals surface area contributed by atoms with Crippen molar-refractivity contribution in [3.8, 4) is 0 Å². The predicted molar refractivity (Wildman–Crippen MR) is 74.1 cm³/mol. The van der Waals surface area contributed by atoms with Crippen LogP contribution in [0.5, 0.6) is 0 Å². The molecule has 1 saturated carbocycles. The number of hydrogen-bond donors (Lipinski definition) is 1. The van der Waals surface area contributed by atoms with E-state index in [4.69, 9.17) is 5.73 Å². The van der Waals surface area contributed by atoms with Crippen LogP contribution >= 0.6 is 0 Å². The van der Waals surface area contributed by atoms with Gasteiger partial charge in [-0.1, -0.05) is 19.8 Å². The van der Waals surface area contributed by atoms with Crippen LogP contribution in [-0.2, 0) is 4.79 Å². The molecule has 2 unspecified atom stereocenters. The van der Waals surface area contributed by atoms with Gasteiger partial charge in [-0.25, -0.2) is 0 Å². The van der Waals surface area contributed by atoms with E-state index in [9.17, 15) is 4.79 Å². The molecule has 3 nitrogen and oxygen atoms in total. The van der Waals surface area contributed by atoms with Crippen LogP contribution in [0.1, 0.15) is 58.3 Å². The zero-order valence-corrected chi connectivity index (χ0v) is 11.7. The molecule has 0 aromatic carbocycles. The zero-order chi connectivity index (χ0) is 13.0. The van der Waals surface area contributed by atoms with Gasteiger partial charge in [0, 0.05) is 25.6 Å². The van der Waals surface area contributed by atoms with Crippen LogP contribution in [0, 0.1) is 11.8 Å². The molecule has 1 aliphatic carbocycles. The molecule has 0 aromatic heterocycles. The highest BCUT2D eigenvalue weighted by Crippen LogP contribution is 2.27. The van der Waals surface area contributed by atoms with Crippen LogP contribution in [-0.4, -0.2) is 29.9 Å². The van der Waals surface area contributed by atoms with Crippen LogP contribution in [0.2, 0.25) is 0 Å². The van der Waals surface area contributed by atoms with Crippen molar-refractivity contribution in [1.82, 2.24) is 4.90 Å². The third-order valence-electron chi connectivity index (χ3n) is 4.83. The van der Waals surface area contributed by atoms with Crippen molar-refractivity contribution in [2.75, 3.05) is 13.1 Å². The Morgan fingerprint density at radius 1 is 1.17 bits per heavy atom. The third-order valence-corrected chi connectivity index (χ3v) is 4.83. The maximum absolute atomic E-state index is 12.3. The summed E-state index contributed by atoms with van der Waals surface area (Å²) in [4.78, 5) is 14.3. The molecule has 0 spiro atoms. The Labute approximate surface area is 111 Å². The molecule has 1 heterocycles. The number of hydrogen-bond acceptors (Lipinski definition) is 2. The summed E-state index contributed by atoms with van der Waals surface area (Å²) in [5.74, 6) is 1.77. The average molecular weight is 252 g/mol. The van der Waals surface area contributed by atoms with E-state index < -0.39 is 0 Å². The number of nitrogens with two attached hydrogens (primary N) is 1. The SMILES string of the molecule is CCC1CCN(C(=O)CC2CCCC(N)C2)CC1. The van der Waals surface area contributed by atoms with Gasteiger partial charge in [0.1, 0.15) is 0 Å². The van der Waals surface area contributed by atoms with Crippen molar-refractivity contribution in [3.05, 3.63) is 0 Å². The highest BCUT2D eigenvalue weighted by molar-refractivity contribution is 5.76. The lowest BCUT2D eigenvalue weighted by Gasteiger charge is -2.33. The van der Waals surface area contributed by atoms with Gasteiger partial charge in [0.25, 0.3) is 0 Å². The summed E-state index contributed by atoms with van der Waals surface area (Å²) < 4.78 is 0. The number of rotatable bonds is 3. The van der Waals surface area contributed by atoms with Crippen molar-refractivity contribution in [2.45, 2.75) is 64.3 Å². The summed E-state index contributed by atoms with van der Waals surface area (Å²) in [6.07, 6.45) is 9.01. The second-order valence-corrected chi connectivity index (χ2v) is 6.23. The van der Waals surface area contributed by atoms with Gasteiger partial charge in [0.15, 0.2) is 0 Å². The molecule has 0 aromatic rings. The van der Waals surface area contributed by atoms with E-state index in [1.165, 1.54) is 32.1 Å². The molecule has 18 heavy (non-hydrogen) atoms. The summed E-state index contributed by atoms with van der Waals surface area (Å²) in [6.45, 7) is 4.22. The van der Waals surface area contributed by atoms with Crippen LogP contribution in [0.25, 0.3) is 0 Å². The lowest BCUT2D eigenvalue weighted by atomic mass is 9.83. The molecule has 3 heteroatoms. The molecule has 2 aliphatic rings. The summed E-state index contributed by atoms with van der Waals surface area (Å²) in [6, 6.07) is 0.336. The van der Waals surface area contributed by atoms with Crippen molar-refractivity contribution in [1.29, 1.82) is 0 Å². The van der Waals surface area contributed by atoms with E-state index >= 15 is 0 Å². The number of carbonyl (C=O) groups is 1. The first kappa shape index (κ1) is 13.9. The normalized spacial score (nSPS) is 30.4. The fourth-order valence-electron chi connectivity index (χ4n) is 3.48. The zero-order valence-electron chi connectivity index (χ0n) is 11.7. The van der Waals surface area contributed by atoms with Gasteiger partial charge in [0.2, 0.25) is 5.91 Å². The highest BCUT2D eigenvalue weighted by atomic mass is 16.2. The minimum atomic E-state index is 0.336.